The van der Waals surface area contributed by atoms with E-state index < -0.39 is 5.82 Å². The molecule has 3 aromatic rings. The van der Waals surface area contributed by atoms with E-state index in [1.54, 1.807) is 24.3 Å². The zero-order valence-electron chi connectivity index (χ0n) is 17.3. The van der Waals surface area contributed by atoms with Gasteiger partial charge in [-0.1, -0.05) is 24.3 Å². The Morgan fingerprint density at radius 2 is 1.87 bits per heavy atom. The van der Waals surface area contributed by atoms with Gasteiger partial charge in [0, 0.05) is 35.8 Å². The van der Waals surface area contributed by atoms with Crippen molar-refractivity contribution >= 4 is 23.4 Å². The predicted octanol–water partition coefficient (Wildman–Crippen LogP) is 3.23. The molecule has 1 aliphatic heterocycles. The number of benzene rings is 2. The van der Waals surface area contributed by atoms with E-state index in [1.807, 2.05) is 18.2 Å². The van der Waals surface area contributed by atoms with Crippen molar-refractivity contribution in [1.29, 1.82) is 0 Å². The first-order chi connectivity index (χ1) is 14.9. The Balaban J connectivity index is 1.56. The zero-order chi connectivity index (χ0) is 22.0. The van der Waals surface area contributed by atoms with E-state index >= 15 is 0 Å². The molecule has 2 atom stereocenters. The quantitative estimate of drug-likeness (QED) is 0.559. The Labute approximate surface area is 180 Å². The minimum Gasteiger partial charge on any atom is -0.396 e. The summed E-state index contributed by atoms with van der Waals surface area (Å²) in [6, 6.07) is 15.7. The number of nitrogens with zero attached hydrogens (tertiary/aromatic N) is 3. The van der Waals surface area contributed by atoms with Gasteiger partial charge in [-0.15, -0.1) is 0 Å². The molecule has 5 N–H and O–H groups in total. The fourth-order valence-electron chi connectivity index (χ4n) is 3.84. The molecule has 0 saturated carbocycles. The molecule has 2 heterocycles. The third-order valence-corrected chi connectivity index (χ3v) is 5.57. The Hall–Kier alpha value is -3.68. The van der Waals surface area contributed by atoms with Gasteiger partial charge in [-0.3, -0.25) is 4.79 Å². The number of nitrogens with two attached hydrogens (primary N) is 2. The lowest BCUT2D eigenvalue weighted by Crippen LogP contribution is -2.51. The number of aromatic nitrogens is 2. The van der Waals surface area contributed by atoms with Crippen LogP contribution in [0.5, 0.6) is 0 Å². The van der Waals surface area contributed by atoms with E-state index in [9.17, 15) is 9.18 Å². The summed E-state index contributed by atoms with van der Waals surface area (Å²) in [6.45, 7) is 2.70. The summed E-state index contributed by atoms with van der Waals surface area (Å²) in [5.41, 5.74) is 13.4. The van der Waals surface area contributed by atoms with Gasteiger partial charge in [0.15, 0.2) is 0 Å². The maximum absolute atomic E-state index is 13.9. The highest BCUT2D eigenvalue weighted by Gasteiger charge is 2.28. The van der Waals surface area contributed by atoms with Gasteiger partial charge in [-0.05, 0) is 44.0 Å². The number of anilines is 3. The third-order valence-electron chi connectivity index (χ3n) is 5.57. The van der Waals surface area contributed by atoms with E-state index in [0.29, 0.717) is 29.2 Å². The lowest BCUT2D eigenvalue weighted by Gasteiger charge is -2.39. The number of rotatable bonds is 4. The van der Waals surface area contributed by atoms with E-state index in [1.165, 1.54) is 12.1 Å². The first kappa shape index (κ1) is 20.6. The molecule has 7 nitrogen and oxygen atoms in total. The summed E-state index contributed by atoms with van der Waals surface area (Å²) in [7, 11) is 0. The van der Waals surface area contributed by atoms with Crippen LogP contribution in [-0.4, -0.2) is 34.5 Å². The molecule has 0 spiro atoms. The monoisotopic (exact) mass is 420 g/mol. The van der Waals surface area contributed by atoms with Crippen LogP contribution in [-0.2, 0) is 0 Å². The van der Waals surface area contributed by atoms with Crippen LogP contribution in [0.4, 0.5) is 21.8 Å². The molecule has 4 rings (SSSR count). The number of piperidine rings is 1. The molecule has 31 heavy (non-hydrogen) atoms. The average molecular weight is 420 g/mol. The first-order valence-electron chi connectivity index (χ1n) is 10.2. The van der Waals surface area contributed by atoms with Crippen molar-refractivity contribution in [2.75, 3.05) is 22.9 Å². The summed E-state index contributed by atoms with van der Waals surface area (Å²) >= 11 is 0. The van der Waals surface area contributed by atoms with Gasteiger partial charge in [0.05, 0.1) is 11.4 Å². The highest BCUT2D eigenvalue weighted by Crippen LogP contribution is 2.29. The van der Waals surface area contributed by atoms with Crippen molar-refractivity contribution in [2.45, 2.75) is 31.8 Å². The minimum absolute atomic E-state index is 0.0301. The number of carbonyl (C=O) groups is 1. The molecular weight excluding hydrogens is 395 g/mol. The third kappa shape index (κ3) is 4.58. The van der Waals surface area contributed by atoms with Crippen molar-refractivity contribution in [1.82, 2.24) is 15.3 Å². The summed E-state index contributed by atoms with van der Waals surface area (Å²) in [5, 5.41) is 3.11. The molecule has 1 fully saturated rings. The molecule has 1 aliphatic rings. The highest BCUT2D eigenvalue weighted by atomic mass is 19.1. The molecule has 0 radical (unpaired) electrons. The molecule has 2 aromatic carbocycles. The highest BCUT2D eigenvalue weighted by molar-refractivity contribution is 5.94. The van der Waals surface area contributed by atoms with Gasteiger partial charge >= 0.3 is 0 Å². The van der Waals surface area contributed by atoms with Gasteiger partial charge in [-0.25, -0.2) is 9.37 Å². The summed E-state index contributed by atoms with van der Waals surface area (Å²) in [5.74, 6) is 0.143. The lowest BCUT2D eigenvalue weighted by molar-refractivity contribution is 0.0931. The second-order valence-electron chi connectivity index (χ2n) is 7.82. The van der Waals surface area contributed by atoms with E-state index in [-0.39, 0.29) is 29.6 Å². The molecule has 160 valence electrons. The van der Waals surface area contributed by atoms with Crippen LogP contribution in [0.3, 0.4) is 0 Å². The predicted molar refractivity (Wildman–Crippen MR) is 120 cm³/mol. The van der Waals surface area contributed by atoms with Crippen LogP contribution < -0.4 is 21.7 Å². The Morgan fingerprint density at radius 3 is 2.61 bits per heavy atom. The molecule has 1 amide bonds. The van der Waals surface area contributed by atoms with Crippen molar-refractivity contribution in [3.63, 3.8) is 0 Å². The number of hydrogen-bond acceptors (Lipinski definition) is 6. The number of halogens is 1. The molecule has 1 aromatic heterocycles. The number of amides is 1. The first-order valence-corrected chi connectivity index (χ1v) is 10.2. The van der Waals surface area contributed by atoms with Crippen molar-refractivity contribution in [2.24, 2.45) is 0 Å². The molecule has 8 heteroatoms. The normalized spacial score (nSPS) is 18.6. The number of carbonyl (C=O) groups excluding carboxylic acids is 1. The van der Waals surface area contributed by atoms with E-state index in [4.69, 9.17) is 11.5 Å². The molecule has 1 saturated heterocycles. The van der Waals surface area contributed by atoms with Crippen molar-refractivity contribution in [3.8, 4) is 11.3 Å². The zero-order valence-corrected chi connectivity index (χ0v) is 17.3. The maximum atomic E-state index is 13.9. The van der Waals surface area contributed by atoms with Crippen LogP contribution >= 0.6 is 0 Å². The van der Waals surface area contributed by atoms with E-state index in [0.717, 1.165) is 12.8 Å². The van der Waals surface area contributed by atoms with Crippen molar-refractivity contribution in [3.05, 3.63) is 66.0 Å². The topological polar surface area (TPSA) is 110 Å². The van der Waals surface area contributed by atoms with Crippen LogP contribution in [0.1, 0.15) is 30.1 Å². The number of nitrogen functional groups attached to an aromatic ring is 2. The van der Waals surface area contributed by atoms with Crippen LogP contribution in [0, 0.1) is 5.82 Å². The molecule has 0 aliphatic carbocycles. The standard InChI is InChI=1S/C23H25FN6O/c1-14-7-9-17(27-22(31)15-5-3-2-4-6-15)13-30(14)21-12-20(28-23(26)29-21)16-8-10-19(25)18(24)11-16/h2-6,8,10-12,14,17H,7,9,13,25H2,1H3,(H,27,31)(H2,26,28,29)/t14-,17+/m1/s1. The minimum atomic E-state index is -0.508. The van der Waals surface area contributed by atoms with E-state index in [2.05, 4.69) is 27.1 Å². The second-order valence-corrected chi connectivity index (χ2v) is 7.82. The maximum Gasteiger partial charge on any atom is 0.251 e. The summed E-state index contributed by atoms with van der Waals surface area (Å²) < 4.78 is 13.9. The lowest BCUT2D eigenvalue weighted by atomic mass is 9.98. The number of nitrogens with one attached hydrogen (secondary N) is 1. The largest absolute Gasteiger partial charge is 0.396 e. The SMILES string of the molecule is C[C@@H]1CC[C@H](NC(=O)c2ccccc2)CN1c1cc(-c2ccc(N)c(F)c2)nc(N)n1. The van der Waals surface area contributed by atoms with Crippen LogP contribution in [0.2, 0.25) is 0 Å². The smallest absolute Gasteiger partial charge is 0.251 e. The van der Waals surface area contributed by atoms with Gasteiger partial charge in [0.2, 0.25) is 5.95 Å². The summed E-state index contributed by atoms with van der Waals surface area (Å²) in [6.07, 6.45) is 1.75. The van der Waals surface area contributed by atoms with Crippen molar-refractivity contribution < 1.29 is 9.18 Å². The molecule has 0 bridgehead atoms. The van der Waals surface area contributed by atoms with Crippen LogP contribution in [0.15, 0.2) is 54.6 Å². The average Bonchev–Trinajstić information content (AvgIpc) is 2.77. The van der Waals surface area contributed by atoms with Gasteiger partial charge in [-0.2, -0.15) is 4.98 Å². The second kappa shape index (κ2) is 8.59. The Kier molecular flexibility index (Phi) is 5.70. The fraction of sp³-hybridized carbons (Fsp3) is 0.261. The van der Waals surface area contributed by atoms with Crippen LogP contribution in [0.25, 0.3) is 11.3 Å². The van der Waals surface area contributed by atoms with Gasteiger partial charge in [0.25, 0.3) is 5.91 Å². The van der Waals surface area contributed by atoms with Gasteiger partial charge < -0.3 is 21.7 Å². The Bertz CT molecular complexity index is 1090. The summed E-state index contributed by atoms with van der Waals surface area (Å²) in [4.78, 5) is 23.3. The number of hydrogen-bond donors (Lipinski definition) is 3. The Morgan fingerprint density at radius 1 is 1.10 bits per heavy atom. The van der Waals surface area contributed by atoms with Gasteiger partial charge in [0.1, 0.15) is 11.6 Å². The molecular formula is C23H25FN6O. The molecule has 0 unspecified atom stereocenters. The fourth-order valence-corrected chi connectivity index (χ4v) is 3.84.